The van der Waals surface area contributed by atoms with E-state index in [0.29, 0.717) is 13.0 Å². The van der Waals surface area contributed by atoms with E-state index in [1.54, 1.807) is 11.3 Å². The van der Waals surface area contributed by atoms with Gasteiger partial charge >= 0.3 is 0 Å². The number of thiophene rings is 1. The lowest BCUT2D eigenvalue weighted by atomic mass is 10.1. The molecular formula is C18H20O2S. The van der Waals surface area contributed by atoms with Crippen LogP contribution in [0.25, 0.3) is 0 Å². The lowest BCUT2D eigenvalue weighted by molar-refractivity contribution is 0.120. The highest BCUT2D eigenvalue weighted by atomic mass is 32.1. The van der Waals surface area contributed by atoms with E-state index in [1.807, 2.05) is 17.5 Å². The number of hydrogen-bond acceptors (Lipinski definition) is 3. The van der Waals surface area contributed by atoms with Crippen molar-refractivity contribution in [1.29, 1.82) is 0 Å². The van der Waals surface area contributed by atoms with Gasteiger partial charge in [0.2, 0.25) is 0 Å². The van der Waals surface area contributed by atoms with E-state index in [9.17, 15) is 0 Å². The van der Waals surface area contributed by atoms with Crippen LogP contribution in [0, 0.1) is 11.8 Å². The van der Waals surface area contributed by atoms with Crippen LogP contribution in [0.1, 0.15) is 28.8 Å². The average molecular weight is 300 g/mol. The molecule has 1 heterocycles. The topological polar surface area (TPSA) is 29.5 Å². The quantitative estimate of drug-likeness (QED) is 0.625. The van der Waals surface area contributed by atoms with Gasteiger partial charge in [0.1, 0.15) is 0 Å². The summed E-state index contributed by atoms with van der Waals surface area (Å²) in [5.41, 5.74) is 2.38. The van der Waals surface area contributed by atoms with Crippen molar-refractivity contribution in [2.75, 3.05) is 13.2 Å². The number of hydrogen-bond donors (Lipinski definition) is 1. The van der Waals surface area contributed by atoms with Crippen molar-refractivity contribution in [3.8, 4) is 11.8 Å². The number of aryl methyl sites for hydroxylation is 1. The van der Waals surface area contributed by atoms with Gasteiger partial charge in [-0.2, -0.15) is 0 Å². The molecule has 21 heavy (non-hydrogen) atoms. The summed E-state index contributed by atoms with van der Waals surface area (Å²) in [6.07, 6.45) is 2.60. The molecule has 2 aromatic rings. The fourth-order valence-electron chi connectivity index (χ4n) is 1.97. The Morgan fingerprint density at radius 3 is 2.81 bits per heavy atom. The van der Waals surface area contributed by atoms with E-state index in [-0.39, 0.29) is 6.61 Å². The van der Waals surface area contributed by atoms with Gasteiger partial charge in [-0.1, -0.05) is 42.2 Å². The molecule has 110 valence electrons. The van der Waals surface area contributed by atoms with Crippen LogP contribution in [-0.2, 0) is 17.8 Å². The molecule has 0 saturated heterocycles. The first-order valence-electron chi connectivity index (χ1n) is 7.18. The van der Waals surface area contributed by atoms with Gasteiger partial charge in [0.05, 0.1) is 13.2 Å². The summed E-state index contributed by atoms with van der Waals surface area (Å²) in [6.45, 7) is 1.49. The highest BCUT2D eigenvalue weighted by Gasteiger charge is 2.02. The molecule has 2 rings (SSSR count). The first kappa shape index (κ1) is 15.8. The molecule has 0 fully saturated rings. The molecule has 0 aliphatic carbocycles. The minimum absolute atomic E-state index is 0.114. The third-order valence-electron chi connectivity index (χ3n) is 3.04. The number of aliphatic hydroxyl groups is 1. The van der Waals surface area contributed by atoms with Crippen LogP contribution in [0.4, 0.5) is 0 Å². The zero-order valence-corrected chi connectivity index (χ0v) is 12.9. The van der Waals surface area contributed by atoms with Crippen molar-refractivity contribution < 1.29 is 9.84 Å². The Balaban J connectivity index is 1.70. The molecule has 0 bridgehead atoms. The Bertz CT molecular complexity index is 578. The first-order chi connectivity index (χ1) is 10.4. The minimum atomic E-state index is 0.114. The van der Waals surface area contributed by atoms with Crippen LogP contribution in [0.2, 0.25) is 0 Å². The van der Waals surface area contributed by atoms with Crippen LogP contribution in [0.5, 0.6) is 0 Å². The SMILES string of the molecule is OCCC#Cc1ccsc1COCCCc1ccccc1. The largest absolute Gasteiger partial charge is 0.395 e. The molecule has 0 saturated carbocycles. The van der Waals surface area contributed by atoms with Crippen molar-refractivity contribution in [2.24, 2.45) is 0 Å². The summed E-state index contributed by atoms with van der Waals surface area (Å²) in [4.78, 5) is 1.17. The lowest BCUT2D eigenvalue weighted by Gasteiger charge is -2.04. The Labute approximate surface area is 130 Å². The molecule has 3 heteroatoms. The summed E-state index contributed by atoms with van der Waals surface area (Å²) < 4.78 is 5.74. The van der Waals surface area contributed by atoms with E-state index in [0.717, 1.165) is 25.0 Å². The van der Waals surface area contributed by atoms with Crippen LogP contribution in [0.15, 0.2) is 41.8 Å². The van der Waals surface area contributed by atoms with Crippen LogP contribution < -0.4 is 0 Å². The standard InChI is InChI=1S/C18H20O2S/c19-12-5-4-10-17-11-14-21-18(17)15-20-13-6-9-16-7-2-1-3-8-16/h1-3,7-8,11,14,19H,5-6,9,12-13,15H2. The third-order valence-corrected chi connectivity index (χ3v) is 3.93. The Kier molecular flexibility index (Phi) is 7.03. The molecular weight excluding hydrogens is 280 g/mol. The summed E-state index contributed by atoms with van der Waals surface area (Å²) in [6, 6.07) is 12.5. The van der Waals surface area contributed by atoms with E-state index in [1.165, 1.54) is 10.4 Å². The number of rotatable bonds is 7. The van der Waals surface area contributed by atoms with Crippen molar-refractivity contribution >= 4 is 11.3 Å². The van der Waals surface area contributed by atoms with Crippen LogP contribution in [0.3, 0.4) is 0 Å². The van der Waals surface area contributed by atoms with Gasteiger partial charge in [-0.25, -0.2) is 0 Å². The minimum Gasteiger partial charge on any atom is -0.395 e. The predicted molar refractivity (Wildman–Crippen MR) is 87.3 cm³/mol. The number of aliphatic hydroxyl groups excluding tert-OH is 1. The predicted octanol–water partition coefficient (Wildman–Crippen LogP) is 3.63. The molecule has 1 aromatic carbocycles. The van der Waals surface area contributed by atoms with E-state index in [4.69, 9.17) is 9.84 Å². The van der Waals surface area contributed by atoms with Crippen molar-refractivity contribution in [3.63, 3.8) is 0 Å². The van der Waals surface area contributed by atoms with Gasteiger partial charge in [0.15, 0.2) is 0 Å². The molecule has 0 aliphatic heterocycles. The summed E-state index contributed by atoms with van der Waals surface area (Å²) >= 11 is 1.67. The van der Waals surface area contributed by atoms with Gasteiger partial charge < -0.3 is 9.84 Å². The molecule has 0 atom stereocenters. The van der Waals surface area contributed by atoms with Gasteiger partial charge in [0, 0.05) is 23.5 Å². The molecule has 1 N–H and O–H groups in total. The van der Waals surface area contributed by atoms with E-state index in [2.05, 4.69) is 36.1 Å². The molecule has 2 nitrogen and oxygen atoms in total. The second-order valence-electron chi connectivity index (χ2n) is 4.67. The molecule has 0 spiro atoms. The Morgan fingerprint density at radius 1 is 1.14 bits per heavy atom. The maximum atomic E-state index is 8.73. The maximum absolute atomic E-state index is 8.73. The first-order valence-corrected chi connectivity index (χ1v) is 8.06. The number of benzene rings is 1. The van der Waals surface area contributed by atoms with Gasteiger partial charge in [-0.3, -0.25) is 0 Å². The van der Waals surface area contributed by atoms with Gasteiger partial charge in [-0.15, -0.1) is 11.3 Å². The van der Waals surface area contributed by atoms with Crippen LogP contribution >= 0.6 is 11.3 Å². The van der Waals surface area contributed by atoms with Gasteiger partial charge in [-0.05, 0) is 29.9 Å². The molecule has 0 unspecified atom stereocenters. The third kappa shape index (κ3) is 5.73. The fraction of sp³-hybridized carbons (Fsp3) is 0.333. The zero-order valence-electron chi connectivity index (χ0n) is 12.0. The second kappa shape index (κ2) is 9.36. The van der Waals surface area contributed by atoms with E-state index < -0.39 is 0 Å². The van der Waals surface area contributed by atoms with Crippen LogP contribution in [-0.4, -0.2) is 18.3 Å². The van der Waals surface area contributed by atoms with Crippen molar-refractivity contribution in [3.05, 3.63) is 57.8 Å². The summed E-state index contributed by atoms with van der Waals surface area (Å²) in [5.74, 6) is 6.03. The maximum Gasteiger partial charge on any atom is 0.0821 e. The second-order valence-corrected chi connectivity index (χ2v) is 5.68. The Morgan fingerprint density at radius 2 is 2.00 bits per heavy atom. The Hall–Kier alpha value is -1.60. The van der Waals surface area contributed by atoms with E-state index >= 15 is 0 Å². The zero-order chi connectivity index (χ0) is 14.8. The average Bonchev–Trinajstić information content (AvgIpc) is 2.96. The molecule has 1 aromatic heterocycles. The highest BCUT2D eigenvalue weighted by molar-refractivity contribution is 7.10. The van der Waals surface area contributed by atoms with Crippen molar-refractivity contribution in [2.45, 2.75) is 25.9 Å². The number of ether oxygens (including phenoxy) is 1. The van der Waals surface area contributed by atoms with Gasteiger partial charge in [0.25, 0.3) is 0 Å². The molecule has 0 amide bonds. The molecule has 0 aliphatic rings. The summed E-state index contributed by atoms with van der Waals surface area (Å²) in [5, 5.41) is 10.8. The highest BCUT2D eigenvalue weighted by Crippen LogP contribution is 2.17. The molecule has 0 radical (unpaired) electrons. The normalized spacial score (nSPS) is 10.1. The lowest BCUT2D eigenvalue weighted by Crippen LogP contribution is -1.97. The monoisotopic (exact) mass is 300 g/mol. The van der Waals surface area contributed by atoms with Crippen molar-refractivity contribution in [1.82, 2.24) is 0 Å². The summed E-state index contributed by atoms with van der Waals surface area (Å²) in [7, 11) is 0. The smallest absolute Gasteiger partial charge is 0.0821 e. The fourth-order valence-corrected chi connectivity index (χ4v) is 2.73.